The van der Waals surface area contributed by atoms with Gasteiger partial charge in [0.1, 0.15) is 12.2 Å². The van der Waals surface area contributed by atoms with E-state index in [0.717, 1.165) is 16.7 Å². The number of hydrogen-bond acceptors (Lipinski definition) is 2. The molecule has 2 aliphatic rings. The quantitative estimate of drug-likeness (QED) is 0.362. The summed E-state index contributed by atoms with van der Waals surface area (Å²) in [4.78, 5) is 0. The highest BCUT2D eigenvalue weighted by molar-refractivity contribution is 6.32. The fraction of sp³-hybridized carbons (Fsp3) is 0.0833. The maximum absolute atomic E-state index is 10.2. The zero-order valence-corrected chi connectivity index (χ0v) is 14.0. The monoisotopic (exact) mass is 336 g/mol. The van der Waals surface area contributed by atoms with Crippen molar-refractivity contribution in [2.75, 3.05) is 0 Å². The van der Waals surface area contributed by atoms with E-state index in [2.05, 4.69) is 60.7 Å². The minimum Gasteiger partial charge on any atom is -0.386 e. The summed E-state index contributed by atoms with van der Waals surface area (Å²) in [5, 5.41) is 27.7. The molecule has 26 heavy (non-hydrogen) atoms. The molecule has 124 valence electrons. The molecule has 4 aromatic carbocycles. The van der Waals surface area contributed by atoms with E-state index in [-0.39, 0.29) is 0 Å². The molecule has 0 amide bonds. The molecule has 2 unspecified atom stereocenters. The second-order valence-corrected chi connectivity index (χ2v) is 7.18. The summed E-state index contributed by atoms with van der Waals surface area (Å²) in [6.07, 6.45) is 1.88. The summed E-state index contributed by atoms with van der Waals surface area (Å²) in [5.41, 5.74) is 4.40. The van der Waals surface area contributed by atoms with Gasteiger partial charge in [0.25, 0.3) is 0 Å². The molecule has 4 aromatic rings. The fourth-order valence-electron chi connectivity index (χ4n) is 4.60. The Labute approximate surface area is 150 Å². The molecular weight excluding hydrogens is 320 g/mol. The smallest absolute Gasteiger partial charge is 0.102 e. The van der Waals surface area contributed by atoms with Gasteiger partial charge in [0, 0.05) is 0 Å². The highest BCUT2D eigenvalue weighted by atomic mass is 16.3. The van der Waals surface area contributed by atoms with E-state index in [1.807, 2.05) is 6.08 Å². The molecule has 2 atom stereocenters. The van der Waals surface area contributed by atoms with E-state index in [1.165, 1.54) is 37.9 Å². The van der Waals surface area contributed by atoms with Crippen molar-refractivity contribution < 1.29 is 10.2 Å². The Morgan fingerprint density at radius 3 is 2.00 bits per heavy atom. The zero-order chi connectivity index (χ0) is 17.4. The van der Waals surface area contributed by atoms with Crippen LogP contribution in [0.3, 0.4) is 0 Å². The highest BCUT2D eigenvalue weighted by Gasteiger charge is 2.32. The molecule has 0 bridgehead atoms. The summed E-state index contributed by atoms with van der Waals surface area (Å²) in [6.45, 7) is 0. The molecule has 2 heteroatoms. The van der Waals surface area contributed by atoms with Crippen molar-refractivity contribution in [3.63, 3.8) is 0 Å². The molecule has 0 heterocycles. The van der Waals surface area contributed by atoms with E-state index < -0.39 is 12.2 Å². The van der Waals surface area contributed by atoms with E-state index in [1.54, 1.807) is 6.08 Å². The maximum Gasteiger partial charge on any atom is 0.102 e. The van der Waals surface area contributed by atoms with Crippen LogP contribution in [0.25, 0.3) is 43.5 Å². The van der Waals surface area contributed by atoms with Crippen molar-refractivity contribution in [1.29, 1.82) is 0 Å². The van der Waals surface area contributed by atoms with Gasteiger partial charge in [-0.15, -0.1) is 0 Å². The second-order valence-electron chi connectivity index (χ2n) is 7.18. The third kappa shape index (κ3) is 1.68. The summed E-state index contributed by atoms with van der Waals surface area (Å²) < 4.78 is 0. The van der Waals surface area contributed by atoms with Crippen LogP contribution in [0.4, 0.5) is 0 Å². The van der Waals surface area contributed by atoms with Gasteiger partial charge >= 0.3 is 0 Å². The summed E-state index contributed by atoms with van der Waals surface area (Å²) >= 11 is 0. The average Bonchev–Trinajstić information content (AvgIpc) is 2.97. The first-order valence-corrected chi connectivity index (χ1v) is 8.90. The second kappa shape index (κ2) is 4.82. The molecule has 0 spiro atoms. The lowest BCUT2D eigenvalue weighted by Crippen LogP contribution is -2.24. The van der Waals surface area contributed by atoms with Crippen LogP contribution in [0.5, 0.6) is 0 Å². The first-order chi connectivity index (χ1) is 12.7. The third-order valence-corrected chi connectivity index (χ3v) is 5.74. The molecule has 6 rings (SSSR count). The first-order valence-electron chi connectivity index (χ1n) is 8.90. The summed E-state index contributed by atoms with van der Waals surface area (Å²) in [7, 11) is 0. The van der Waals surface area contributed by atoms with Crippen molar-refractivity contribution >= 4 is 43.5 Å². The molecule has 0 saturated carbocycles. The van der Waals surface area contributed by atoms with Gasteiger partial charge in [-0.2, -0.15) is 0 Å². The van der Waals surface area contributed by atoms with Gasteiger partial charge in [-0.1, -0.05) is 48.5 Å². The highest BCUT2D eigenvalue weighted by Crippen LogP contribution is 2.52. The Morgan fingerprint density at radius 2 is 1.23 bits per heavy atom. The Balaban J connectivity index is 1.91. The van der Waals surface area contributed by atoms with Gasteiger partial charge in [-0.25, -0.2) is 0 Å². The third-order valence-electron chi connectivity index (χ3n) is 5.74. The zero-order valence-electron chi connectivity index (χ0n) is 14.0. The molecule has 0 aliphatic heterocycles. The van der Waals surface area contributed by atoms with E-state index >= 15 is 0 Å². The number of benzene rings is 4. The van der Waals surface area contributed by atoms with Gasteiger partial charge in [0.15, 0.2) is 0 Å². The predicted molar refractivity (Wildman–Crippen MR) is 107 cm³/mol. The van der Waals surface area contributed by atoms with Gasteiger partial charge < -0.3 is 10.2 Å². The average molecular weight is 336 g/mol. The van der Waals surface area contributed by atoms with Crippen LogP contribution in [0.15, 0.2) is 72.8 Å². The molecule has 2 aliphatic carbocycles. The molecular formula is C24H16O2. The van der Waals surface area contributed by atoms with Crippen LogP contribution >= 0.6 is 0 Å². The molecule has 0 fully saturated rings. The first kappa shape index (κ1) is 14.3. The minimum atomic E-state index is -0.869. The Kier molecular flexibility index (Phi) is 2.64. The standard InChI is InChI=1S/C24H16O2/c25-21-11-17-19-9-13-5-1-3-7-15(13)18-10-14-6-2-4-8-16(14)23(24(18)19)20(17)12-22(21)26/h1-12,21-22,25-26H. The molecule has 0 saturated heterocycles. The van der Waals surface area contributed by atoms with Crippen molar-refractivity contribution in [1.82, 2.24) is 0 Å². The van der Waals surface area contributed by atoms with Crippen LogP contribution in [0, 0.1) is 0 Å². The van der Waals surface area contributed by atoms with E-state index in [0.29, 0.717) is 0 Å². The number of allylic oxidation sites excluding steroid dienone is 2. The fourth-order valence-corrected chi connectivity index (χ4v) is 4.60. The number of aliphatic hydroxyl groups excluding tert-OH is 2. The van der Waals surface area contributed by atoms with Crippen molar-refractivity contribution in [3.05, 3.63) is 83.9 Å². The Bertz CT molecular complexity index is 1310. The van der Waals surface area contributed by atoms with Crippen LogP contribution < -0.4 is 0 Å². The van der Waals surface area contributed by atoms with Crippen molar-refractivity contribution in [2.45, 2.75) is 12.2 Å². The SMILES string of the molecule is OC1C=C2C(=CC1O)c1c3ccccc3cc3c1c2cc1ccccc13. The molecule has 2 nitrogen and oxygen atoms in total. The number of hydrogen-bond donors (Lipinski definition) is 2. The lowest BCUT2D eigenvalue weighted by Gasteiger charge is -2.20. The van der Waals surface area contributed by atoms with Crippen LogP contribution in [-0.4, -0.2) is 22.4 Å². The van der Waals surface area contributed by atoms with E-state index in [9.17, 15) is 10.2 Å². The lowest BCUT2D eigenvalue weighted by molar-refractivity contribution is 0.0805. The number of rotatable bonds is 0. The van der Waals surface area contributed by atoms with Crippen molar-refractivity contribution in [3.8, 4) is 0 Å². The predicted octanol–water partition coefficient (Wildman–Crippen LogP) is 4.66. The Morgan fingerprint density at radius 1 is 0.615 bits per heavy atom. The van der Waals surface area contributed by atoms with Crippen LogP contribution in [-0.2, 0) is 0 Å². The van der Waals surface area contributed by atoms with Crippen LogP contribution in [0.1, 0.15) is 11.1 Å². The number of aliphatic hydroxyl groups is 2. The Hall–Kier alpha value is -2.94. The van der Waals surface area contributed by atoms with Crippen molar-refractivity contribution in [2.24, 2.45) is 0 Å². The molecule has 0 aromatic heterocycles. The topological polar surface area (TPSA) is 40.5 Å². The minimum absolute atomic E-state index is 0.865. The van der Waals surface area contributed by atoms with E-state index in [4.69, 9.17) is 0 Å². The normalized spacial score (nSPS) is 21.2. The summed E-state index contributed by atoms with van der Waals surface area (Å²) in [5.74, 6) is 0. The number of fused-ring (bicyclic) bond motifs is 7. The van der Waals surface area contributed by atoms with Gasteiger partial charge in [-0.05, 0) is 78.9 Å². The van der Waals surface area contributed by atoms with Gasteiger partial charge in [0.05, 0.1) is 0 Å². The molecule has 2 N–H and O–H groups in total. The summed E-state index contributed by atoms with van der Waals surface area (Å²) in [6, 6.07) is 21.3. The largest absolute Gasteiger partial charge is 0.386 e. The van der Waals surface area contributed by atoms with Gasteiger partial charge in [0.2, 0.25) is 0 Å². The van der Waals surface area contributed by atoms with Crippen LogP contribution in [0.2, 0.25) is 0 Å². The lowest BCUT2D eigenvalue weighted by atomic mass is 9.91. The maximum atomic E-state index is 10.2. The molecule has 0 radical (unpaired) electrons. The van der Waals surface area contributed by atoms with Gasteiger partial charge in [-0.3, -0.25) is 0 Å².